The number of allylic oxidation sites excluding steroid dienone is 1. The van der Waals surface area contributed by atoms with E-state index in [-0.39, 0.29) is 12.8 Å². The Balaban J connectivity index is 2.56. The maximum atomic E-state index is 12.5. The number of nitrogens with zero attached hydrogens (tertiary/aromatic N) is 1. The lowest BCUT2D eigenvalue weighted by Crippen LogP contribution is -2.43. The van der Waals surface area contributed by atoms with E-state index in [1.807, 2.05) is 35.9 Å². The van der Waals surface area contributed by atoms with Gasteiger partial charge in [0.2, 0.25) is 0 Å². The molecule has 134 valence electrons. The van der Waals surface area contributed by atoms with Crippen LogP contribution in [0.4, 0.5) is 0 Å². The van der Waals surface area contributed by atoms with E-state index in [0.717, 1.165) is 22.3 Å². The molecule has 2 aromatic rings. The zero-order valence-corrected chi connectivity index (χ0v) is 15.0. The standard InChI is InChI=1S/C19H23NO5/c1-6-9-19(17(21)24-4,18(22)25-5)12-14-10-13-11-15(23-3)7-8-16(13)20(14)2/h6-8,10-11H,1,9,12H2,2-5H3. The van der Waals surface area contributed by atoms with Crippen LogP contribution in [0.15, 0.2) is 36.9 Å². The minimum absolute atomic E-state index is 0.122. The molecule has 0 N–H and O–H groups in total. The van der Waals surface area contributed by atoms with Gasteiger partial charge < -0.3 is 18.8 Å². The number of carbonyl (C=O) groups is 2. The number of fused-ring (bicyclic) bond motifs is 1. The van der Waals surface area contributed by atoms with Crippen LogP contribution in [0.5, 0.6) is 5.75 Å². The van der Waals surface area contributed by atoms with E-state index in [4.69, 9.17) is 14.2 Å². The van der Waals surface area contributed by atoms with Crippen LogP contribution in [0, 0.1) is 5.41 Å². The van der Waals surface area contributed by atoms with Gasteiger partial charge in [-0.3, -0.25) is 9.59 Å². The fourth-order valence-electron chi connectivity index (χ4n) is 3.09. The van der Waals surface area contributed by atoms with E-state index < -0.39 is 17.4 Å². The van der Waals surface area contributed by atoms with Crippen molar-refractivity contribution in [2.24, 2.45) is 12.5 Å². The molecule has 1 aromatic carbocycles. The van der Waals surface area contributed by atoms with Crippen LogP contribution < -0.4 is 4.74 Å². The third kappa shape index (κ3) is 3.24. The van der Waals surface area contributed by atoms with Gasteiger partial charge in [-0.15, -0.1) is 6.58 Å². The lowest BCUT2D eigenvalue weighted by Gasteiger charge is -2.27. The Hall–Kier alpha value is -2.76. The second-order valence-electron chi connectivity index (χ2n) is 5.85. The second kappa shape index (κ2) is 7.42. The summed E-state index contributed by atoms with van der Waals surface area (Å²) < 4.78 is 17.0. The minimum Gasteiger partial charge on any atom is -0.497 e. The summed E-state index contributed by atoms with van der Waals surface area (Å²) in [4.78, 5) is 24.9. The summed E-state index contributed by atoms with van der Waals surface area (Å²) in [5, 5.41) is 0.957. The van der Waals surface area contributed by atoms with Crippen LogP contribution in [0.25, 0.3) is 10.9 Å². The second-order valence-corrected chi connectivity index (χ2v) is 5.85. The quantitative estimate of drug-likeness (QED) is 0.438. The summed E-state index contributed by atoms with van der Waals surface area (Å²) >= 11 is 0. The van der Waals surface area contributed by atoms with Crippen LogP contribution in [-0.2, 0) is 32.5 Å². The largest absolute Gasteiger partial charge is 0.497 e. The van der Waals surface area contributed by atoms with E-state index in [1.54, 1.807) is 7.11 Å². The average molecular weight is 345 g/mol. The minimum atomic E-state index is -1.46. The molecule has 0 unspecified atom stereocenters. The summed E-state index contributed by atoms with van der Waals surface area (Å²) in [6.07, 6.45) is 1.79. The third-order valence-corrected chi connectivity index (χ3v) is 4.48. The molecule has 0 saturated carbocycles. The van der Waals surface area contributed by atoms with Crippen molar-refractivity contribution in [3.8, 4) is 5.75 Å². The van der Waals surface area contributed by atoms with Crippen LogP contribution >= 0.6 is 0 Å². The normalized spacial score (nSPS) is 11.2. The van der Waals surface area contributed by atoms with Crippen molar-refractivity contribution >= 4 is 22.8 Å². The highest BCUT2D eigenvalue weighted by Gasteiger charge is 2.48. The van der Waals surface area contributed by atoms with Crippen molar-refractivity contribution in [3.05, 3.63) is 42.6 Å². The van der Waals surface area contributed by atoms with Gasteiger partial charge in [-0.2, -0.15) is 0 Å². The predicted octanol–water partition coefficient (Wildman–Crippen LogP) is 2.64. The predicted molar refractivity (Wildman–Crippen MR) is 94.5 cm³/mol. The number of methoxy groups -OCH3 is 3. The maximum Gasteiger partial charge on any atom is 0.323 e. The molecule has 0 spiro atoms. The number of esters is 2. The molecule has 6 heteroatoms. The number of hydrogen-bond acceptors (Lipinski definition) is 5. The molecule has 0 aliphatic carbocycles. The van der Waals surface area contributed by atoms with Gasteiger partial charge in [0, 0.05) is 30.1 Å². The average Bonchev–Trinajstić information content (AvgIpc) is 2.94. The molecule has 1 aromatic heterocycles. The molecule has 0 atom stereocenters. The van der Waals surface area contributed by atoms with Crippen molar-refractivity contribution in [1.29, 1.82) is 0 Å². The molecular formula is C19H23NO5. The fourth-order valence-corrected chi connectivity index (χ4v) is 3.09. The van der Waals surface area contributed by atoms with Gasteiger partial charge in [0.05, 0.1) is 21.3 Å². The van der Waals surface area contributed by atoms with Crippen molar-refractivity contribution in [1.82, 2.24) is 4.57 Å². The first kappa shape index (κ1) is 18.6. The first-order valence-electron chi connectivity index (χ1n) is 7.83. The number of aromatic nitrogens is 1. The number of rotatable bonds is 7. The van der Waals surface area contributed by atoms with E-state index in [9.17, 15) is 9.59 Å². The Bertz CT molecular complexity index is 789. The van der Waals surface area contributed by atoms with Gasteiger partial charge in [-0.1, -0.05) is 6.08 Å². The molecule has 1 heterocycles. The molecular weight excluding hydrogens is 322 g/mol. The lowest BCUT2D eigenvalue weighted by atomic mass is 9.79. The number of benzene rings is 1. The smallest absolute Gasteiger partial charge is 0.323 e. The van der Waals surface area contributed by atoms with Crippen molar-refractivity contribution in [2.45, 2.75) is 12.8 Å². The van der Waals surface area contributed by atoms with Crippen molar-refractivity contribution in [3.63, 3.8) is 0 Å². The first-order chi connectivity index (χ1) is 11.9. The number of carbonyl (C=O) groups excluding carboxylic acids is 2. The van der Waals surface area contributed by atoms with Gasteiger partial charge in [0.25, 0.3) is 0 Å². The lowest BCUT2D eigenvalue weighted by molar-refractivity contribution is -0.169. The Morgan fingerprint density at radius 3 is 2.32 bits per heavy atom. The summed E-state index contributed by atoms with van der Waals surface area (Å²) in [7, 11) is 6.01. The zero-order chi connectivity index (χ0) is 18.6. The fraction of sp³-hybridized carbons (Fsp3) is 0.368. The molecule has 25 heavy (non-hydrogen) atoms. The Morgan fingerprint density at radius 2 is 1.80 bits per heavy atom. The van der Waals surface area contributed by atoms with Crippen molar-refractivity contribution in [2.75, 3.05) is 21.3 Å². The highest BCUT2D eigenvalue weighted by atomic mass is 16.5. The molecule has 0 bridgehead atoms. The molecule has 0 aliphatic heterocycles. The molecule has 2 rings (SSSR count). The van der Waals surface area contributed by atoms with Gasteiger partial charge >= 0.3 is 11.9 Å². The molecule has 0 fully saturated rings. The van der Waals surface area contributed by atoms with Gasteiger partial charge in [-0.05, 0) is 30.7 Å². The Labute approximate surface area is 147 Å². The van der Waals surface area contributed by atoms with Crippen LogP contribution in [-0.4, -0.2) is 37.8 Å². The van der Waals surface area contributed by atoms with E-state index in [1.165, 1.54) is 20.3 Å². The summed E-state index contributed by atoms with van der Waals surface area (Å²) in [6, 6.07) is 7.64. The molecule has 6 nitrogen and oxygen atoms in total. The zero-order valence-electron chi connectivity index (χ0n) is 15.0. The highest BCUT2D eigenvalue weighted by molar-refractivity contribution is 6.00. The monoisotopic (exact) mass is 345 g/mol. The molecule has 0 aliphatic rings. The van der Waals surface area contributed by atoms with Crippen LogP contribution in [0.1, 0.15) is 12.1 Å². The molecule has 0 amide bonds. The Morgan fingerprint density at radius 1 is 1.16 bits per heavy atom. The molecule has 0 radical (unpaired) electrons. The van der Waals surface area contributed by atoms with E-state index >= 15 is 0 Å². The maximum absolute atomic E-state index is 12.5. The van der Waals surface area contributed by atoms with E-state index in [2.05, 4.69) is 6.58 Å². The highest BCUT2D eigenvalue weighted by Crippen LogP contribution is 2.34. The summed E-state index contributed by atoms with van der Waals surface area (Å²) in [5.74, 6) is -0.535. The summed E-state index contributed by atoms with van der Waals surface area (Å²) in [6.45, 7) is 3.67. The van der Waals surface area contributed by atoms with Crippen LogP contribution in [0.3, 0.4) is 0 Å². The SMILES string of the molecule is C=CCC(Cc1cc2cc(OC)ccc2n1C)(C(=O)OC)C(=O)OC. The number of ether oxygens (including phenoxy) is 3. The van der Waals surface area contributed by atoms with E-state index in [0.29, 0.717) is 0 Å². The van der Waals surface area contributed by atoms with Gasteiger partial charge in [-0.25, -0.2) is 0 Å². The number of hydrogen-bond donors (Lipinski definition) is 0. The number of aryl methyl sites for hydroxylation is 1. The van der Waals surface area contributed by atoms with Gasteiger partial charge in [0.15, 0.2) is 5.41 Å². The summed E-state index contributed by atoms with van der Waals surface area (Å²) in [5.41, 5.74) is 0.316. The van der Waals surface area contributed by atoms with Crippen LogP contribution in [0.2, 0.25) is 0 Å². The Kier molecular flexibility index (Phi) is 5.51. The first-order valence-corrected chi connectivity index (χ1v) is 7.83. The van der Waals surface area contributed by atoms with Gasteiger partial charge in [0.1, 0.15) is 5.75 Å². The topological polar surface area (TPSA) is 66.8 Å². The van der Waals surface area contributed by atoms with Crippen molar-refractivity contribution < 1.29 is 23.8 Å². The molecule has 0 saturated heterocycles. The third-order valence-electron chi connectivity index (χ3n) is 4.48.